The van der Waals surface area contributed by atoms with E-state index in [1.807, 2.05) is 37.3 Å². The Morgan fingerprint density at radius 1 is 1.25 bits per heavy atom. The van der Waals surface area contributed by atoms with Crippen LogP contribution in [0.3, 0.4) is 0 Å². The molecule has 1 aromatic heterocycles. The van der Waals surface area contributed by atoms with Crippen molar-refractivity contribution >= 4 is 17.7 Å². The van der Waals surface area contributed by atoms with Gasteiger partial charge < -0.3 is 4.90 Å². The summed E-state index contributed by atoms with van der Waals surface area (Å²) in [5.41, 5.74) is 1.01. The van der Waals surface area contributed by atoms with Gasteiger partial charge in [0.15, 0.2) is 11.0 Å². The summed E-state index contributed by atoms with van der Waals surface area (Å²) in [6.07, 6.45) is 2.81. The van der Waals surface area contributed by atoms with Crippen molar-refractivity contribution in [1.29, 1.82) is 5.26 Å². The first-order valence-electron chi connectivity index (χ1n) is 9.72. The molecule has 148 valence electrons. The fraction of sp³-hybridized carbons (Fsp3) is 0.500. The van der Waals surface area contributed by atoms with Crippen LogP contribution in [-0.2, 0) is 11.3 Å². The van der Waals surface area contributed by atoms with Crippen molar-refractivity contribution in [1.82, 2.24) is 24.6 Å². The van der Waals surface area contributed by atoms with Crippen molar-refractivity contribution in [2.45, 2.75) is 37.9 Å². The molecular weight excluding hydrogens is 372 g/mol. The average molecular weight is 399 g/mol. The molecule has 1 aromatic carbocycles. The predicted molar refractivity (Wildman–Crippen MR) is 109 cm³/mol. The minimum Gasteiger partial charge on any atom is -0.341 e. The average Bonchev–Trinajstić information content (AvgIpc) is 3.38. The molecule has 0 radical (unpaired) electrons. The standard InChI is InChI=1S/C20H26N6OS/c1-2-25(14-8-11-21)19(27)16-28-20-23-22-18(15-24-12-6-7-13-24)26(20)17-9-4-3-5-10-17/h3-5,9-10H,2,6-8,12-16H2,1H3. The summed E-state index contributed by atoms with van der Waals surface area (Å²) in [7, 11) is 0. The number of aromatic nitrogens is 3. The number of likely N-dealkylation sites (tertiary alicyclic amines) is 1. The van der Waals surface area contributed by atoms with E-state index >= 15 is 0 Å². The largest absolute Gasteiger partial charge is 0.341 e. The third-order valence-corrected chi connectivity index (χ3v) is 5.74. The summed E-state index contributed by atoms with van der Waals surface area (Å²) in [4.78, 5) is 16.6. The van der Waals surface area contributed by atoms with Crippen LogP contribution < -0.4 is 0 Å². The van der Waals surface area contributed by atoms with E-state index in [2.05, 4.69) is 25.7 Å². The van der Waals surface area contributed by atoms with E-state index in [9.17, 15) is 4.79 Å². The van der Waals surface area contributed by atoms with E-state index in [1.165, 1.54) is 24.6 Å². The molecule has 3 rings (SSSR count). The first-order valence-corrected chi connectivity index (χ1v) is 10.7. The Kier molecular flexibility index (Phi) is 7.46. The van der Waals surface area contributed by atoms with Gasteiger partial charge in [0.25, 0.3) is 0 Å². The van der Waals surface area contributed by atoms with Crippen molar-refractivity contribution in [3.63, 3.8) is 0 Å². The van der Waals surface area contributed by atoms with Gasteiger partial charge in [-0.2, -0.15) is 5.26 Å². The Bertz CT molecular complexity index is 810. The summed E-state index contributed by atoms with van der Waals surface area (Å²) >= 11 is 1.40. The van der Waals surface area contributed by atoms with Gasteiger partial charge in [-0.25, -0.2) is 0 Å². The first-order chi connectivity index (χ1) is 13.7. The SMILES string of the molecule is CCN(CCC#N)C(=O)CSc1nnc(CN2CCCC2)n1-c1ccccc1. The zero-order valence-corrected chi connectivity index (χ0v) is 17.1. The topological polar surface area (TPSA) is 78.0 Å². The minimum atomic E-state index is 0.0199. The van der Waals surface area contributed by atoms with E-state index < -0.39 is 0 Å². The van der Waals surface area contributed by atoms with Crippen molar-refractivity contribution in [3.05, 3.63) is 36.2 Å². The highest BCUT2D eigenvalue weighted by Crippen LogP contribution is 2.24. The van der Waals surface area contributed by atoms with Crippen LogP contribution in [0.1, 0.15) is 32.0 Å². The van der Waals surface area contributed by atoms with Crippen LogP contribution in [0, 0.1) is 11.3 Å². The number of nitrogens with zero attached hydrogens (tertiary/aromatic N) is 6. The van der Waals surface area contributed by atoms with Crippen LogP contribution in [0.5, 0.6) is 0 Å². The van der Waals surface area contributed by atoms with Gasteiger partial charge in [-0.3, -0.25) is 14.3 Å². The number of hydrogen-bond donors (Lipinski definition) is 0. The Labute approximate surface area is 170 Å². The maximum atomic E-state index is 12.5. The van der Waals surface area contributed by atoms with Gasteiger partial charge in [0, 0.05) is 18.8 Å². The smallest absolute Gasteiger partial charge is 0.233 e. The normalized spacial score (nSPS) is 14.1. The fourth-order valence-electron chi connectivity index (χ4n) is 3.34. The number of para-hydroxylation sites is 1. The molecule has 0 atom stereocenters. The lowest BCUT2D eigenvalue weighted by molar-refractivity contribution is -0.128. The van der Waals surface area contributed by atoms with Gasteiger partial charge >= 0.3 is 0 Å². The van der Waals surface area contributed by atoms with Crippen molar-refractivity contribution in [3.8, 4) is 11.8 Å². The summed E-state index contributed by atoms with van der Waals surface area (Å²) in [6.45, 7) is 5.95. The van der Waals surface area contributed by atoms with E-state index in [1.54, 1.807) is 4.90 Å². The highest BCUT2D eigenvalue weighted by Gasteiger charge is 2.20. The molecule has 2 heterocycles. The molecule has 0 bridgehead atoms. The third kappa shape index (κ3) is 5.12. The molecule has 1 aliphatic rings. The van der Waals surface area contributed by atoms with Crippen LogP contribution in [0.4, 0.5) is 0 Å². The molecule has 2 aromatic rings. The van der Waals surface area contributed by atoms with Gasteiger partial charge in [-0.15, -0.1) is 10.2 Å². The zero-order chi connectivity index (χ0) is 19.8. The number of nitriles is 1. The number of carbonyl (C=O) groups is 1. The lowest BCUT2D eigenvalue weighted by Crippen LogP contribution is -2.33. The number of hydrogen-bond acceptors (Lipinski definition) is 6. The first kappa shape index (κ1) is 20.4. The minimum absolute atomic E-state index is 0.0199. The molecular formula is C20H26N6OS. The van der Waals surface area contributed by atoms with Crippen LogP contribution >= 0.6 is 11.8 Å². The third-order valence-electron chi connectivity index (χ3n) is 4.83. The second-order valence-corrected chi connectivity index (χ2v) is 7.67. The monoisotopic (exact) mass is 398 g/mol. The van der Waals surface area contributed by atoms with E-state index in [0.717, 1.165) is 36.3 Å². The van der Waals surface area contributed by atoms with Crippen LogP contribution in [0.2, 0.25) is 0 Å². The molecule has 0 aliphatic carbocycles. The second kappa shape index (κ2) is 10.2. The summed E-state index contributed by atoms with van der Waals surface area (Å²) < 4.78 is 2.06. The molecule has 28 heavy (non-hydrogen) atoms. The molecule has 1 fully saturated rings. The number of rotatable bonds is 9. The van der Waals surface area contributed by atoms with Crippen LogP contribution in [0.25, 0.3) is 5.69 Å². The lowest BCUT2D eigenvalue weighted by Gasteiger charge is -2.19. The molecule has 0 saturated carbocycles. The van der Waals surface area contributed by atoms with Gasteiger partial charge in [0.2, 0.25) is 5.91 Å². The maximum Gasteiger partial charge on any atom is 0.233 e. The Hall–Kier alpha value is -2.37. The van der Waals surface area contributed by atoms with Crippen molar-refractivity contribution in [2.24, 2.45) is 0 Å². The number of thioether (sulfide) groups is 1. The lowest BCUT2D eigenvalue weighted by atomic mass is 10.3. The van der Waals surface area contributed by atoms with E-state index in [4.69, 9.17) is 5.26 Å². The number of benzene rings is 1. The predicted octanol–water partition coefficient (Wildman–Crippen LogP) is 2.72. The van der Waals surface area contributed by atoms with Crippen molar-refractivity contribution in [2.75, 3.05) is 31.9 Å². The number of carbonyl (C=O) groups excluding carboxylic acids is 1. The Balaban J connectivity index is 1.76. The van der Waals surface area contributed by atoms with Gasteiger partial charge in [-0.05, 0) is 45.0 Å². The molecule has 0 unspecified atom stereocenters. The molecule has 7 nitrogen and oxygen atoms in total. The van der Waals surface area contributed by atoms with Gasteiger partial charge in [0.1, 0.15) is 0 Å². The summed E-state index contributed by atoms with van der Waals surface area (Å²) in [5, 5.41) is 18.3. The molecule has 1 aliphatic heterocycles. The van der Waals surface area contributed by atoms with E-state index in [-0.39, 0.29) is 11.7 Å². The van der Waals surface area contributed by atoms with Crippen LogP contribution in [-0.4, -0.2) is 62.4 Å². The zero-order valence-electron chi connectivity index (χ0n) is 16.3. The fourth-order valence-corrected chi connectivity index (χ4v) is 4.21. The van der Waals surface area contributed by atoms with E-state index in [0.29, 0.717) is 19.5 Å². The number of amides is 1. The van der Waals surface area contributed by atoms with Gasteiger partial charge in [0.05, 0.1) is 24.8 Å². The maximum absolute atomic E-state index is 12.5. The molecule has 1 amide bonds. The molecule has 1 saturated heterocycles. The summed E-state index contributed by atoms with van der Waals surface area (Å²) in [6, 6.07) is 12.1. The van der Waals surface area contributed by atoms with Crippen molar-refractivity contribution < 1.29 is 4.79 Å². The Morgan fingerprint density at radius 3 is 2.68 bits per heavy atom. The highest BCUT2D eigenvalue weighted by molar-refractivity contribution is 7.99. The van der Waals surface area contributed by atoms with Crippen LogP contribution in [0.15, 0.2) is 35.5 Å². The Morgan fingerprint density at radius 2 is 2.00 bits per heavy atom. The molecule has 0 N–H and O–H groups in total. The quantitative estimate of drug-likeness (QED) is 0.605. The molecule has 8 heteroatoms. The highest BCUT2D eigenvalue weighted by atomic mass is 32.2. The second-order valence-electron chi connectivity index (χ2n) is 6.72. The summed E-state index contributed by atoms with van der Waals surface area (Å²) in [5.74, 6) is 1.21. The van der Waals surface area contributed by atoms with Gasteiger partial charge in [-0.1, -0.05) is 30.0 Å². The molecule has 0 spiro atoms.